The molecule has 1 heterocycles. The van der Waals surface area contributed by atoms with Crippen LogP contribution in [0.5, 0.6) is 0 Å². The zero-order valence-corrected chi connectivity index (χ0v) is 19.2. The van der Waals surface area contributed by atoms with Gasteiger partial charge < -0.3 is 4.74 Å². The Bertz CT molecular complexity index is 1290. The summed E-state index contributed by atoms with van der Waals surface area (Å²) in [6.45, 7) is 3.29. The van der Waals surface area contributed by atoms with Crippen LogP contribution in [-0.2, 0) is 4.74 Å². The number of anilines is 1. The molecule has 4 rings (SSSR count). The standard InChI is InChI=1S/C25H17Cl2NO5/c1-13-3-4-14(2)17(9-13)22(29)12-33-25(32)15-5-7-16(8-6-15)28-23(30)18-10-20(26)21(27)11-19(18)24(28)31/h3-11H,12H2,1-2H3. The van der Waals surface area contributed by atoms with Gasteiger partial charge in [-0.15, -0.1) is 0 Å². The third kappa shape index (κ3) is 4.27. The van der Waals surface area contributed by atoms with E-state index in [1.54, 1.807) is 6.07 Å². The normalized spacial score (nSPS) is 12.7. The van der Waals surface area contributed by atoms with Gasteiger partial charge in [-0.05, 0) is 61.9 Å². The number of Topliss-reactive ketones (excluding diaryl/α,β-unsaturated/α-hetero) is 1. The highest BCUT2D eigenvalue weighted by atomic mass is 35.5. The number of rotatable bonds is 5. The van der Waals surface area contributed by atoms with Crippen molar-refractivity contribution < 1.29 is 23.9 Å². The van der Waals surface area contributed by atoms with E-state index in [9.17, 15) is 19.2 Å². The topological polar surface area (TPSA) is 80.8 Å². The zero-order chi connectivity index (χ0) is 23.9. The Balaban J connectivity index is 1.47. The number of fused-ring (bicyclic) bond motifs is 1. The third-order valence-corrected chi connectivity index (χ3v) is 6.04. The Morgan fingerprint density at radius 2 is 1.42 bits per heavy atom. The fourth-order valence-corrected chi connectivity index (χ4v) is 3.87. The average molecular weight is 482 g/mol. The molecule has 0 N–H and O–H groups in total. The summed E-state index contributed by atoms with van der Waals surface area (Å²) in [6, 6.07) is 14.0. The van der Waals surface area contributed by atoms with Gasteiger partial charge in [0.15, 0.2) is 6.61 Å². The molecule has 1 aliphatic rings. The number of aryl methyl sites for hydroxylation is 2. The molecule has 0 saturated heterocycles. The van der Waals surface area contributed by atoms with E-state index in [4.69, 9.17) is 27.9 Å². The van der Waals surface area contributed by atoms with Crippen LogP contribution in [0.1, 0.15) is 52.6 Å². The van der Waals surface area contributed by atoms with Gasteiger partial charge >= 0.3 is 5.97 Å². The molecular formula is C25H17Cl2NO5. The van der Waals surface area contributed by atoms with Crippen LogP contribution in [0.3, 0.4) is 0 Å². The number of nitrogens with zero attached hydrogens (tertiary/aromatic N) is 1. The summed E-state index contributed by atoms with van der Waals surface area (Å²) in [5.74, 6) is -2.07. The fraction of sp³-hybridized carbons (Fsp3) is 0.120. The molecule has 0 unspecified atom stereocenters. The van der Waals surface area contributed by atoms with Crippen LogP contribution in [0.2, 0.25) is 10.0 Å². The molecule has 0 fully saturated rings. The van der Waals surface area contributed by atoms with Gasteiger partial charge in [0, 0.05) is 5.56 Å². The first-order valence-corrected chi connectivity index (χ1v) is 10.7. The van der Waals surface area contributed by atoms with Crippen LogP contribution < -0.4 is 4.90 Å². The number of hydrogen-bond donors (Lipinski definition) is 0. The van der Waals surface area contributed by atoms with Crippen molar-refractivity contribution in [2.75, 3.05) is 11.5 Å². The van der Waals surface area contributed by atoms with Crippen LogP contribution in [0, 0.1) is 13.8 Å². The molecule has 0 aliphatic carbocycles. The maximum absolute atomic E-state index is 12.7. The number of carbonyl (C=O) groups excluding carboxylic acids is 4. The number of ether oxygens (including phenoxy) is 1. The number of benzene rings is 3. The lowest BCUT2D eigenvalue weighted by Crippen LogP contribution is -2.29. The number of halogens is 2. The van der Waals surface area contributed by atoms with Crippen molar-refractivity contribution >= 4 is 52.5 Å². The molecule has 3 aromatic carbocycles. The van der Waals surface area contributed by atoms with Crippen molar-refractivity contribution in [2.24, 2.45) is 0 Å². The number of esters is 1. The van der Waals surface area contributed by atoms with E-state index >= 15 is 0 Å². The molecule has 0 saturated carbocycles. The Morgan fingerprint density at radius 1 is 0.848 bits per heavy atom. The molecule has 3 aromatic rings. The predicted octanol–water partition coefficient (Wildman–Crippen LogP) is 5.45. The van der Waals surface area contributed by atoms with Crippen molar-refractivity contribution in [3.05, 3.63) is 98.0 Å². The molecule has 0 bridgehead atoms. The van der Waals surface area contributed by atoms with Gasteiger partial charge in [-0.2, -0.15) is 0 Å². The lowest BCUT2D eigenvalue weighted by Gasteiger charge is -2.14. The second-order valence-electron chi connectivity index (χ2n) is 7.62. The summed E-state index contributed by atoms with van der Waals surface area (Å²) in [4.78, 5) is 51.3. The summed E-state index contributed by atoms with van der Waals surface area (Å²) in [6.07, 6.45) is 0. The summed E-state index contributed by atoms with van der Waals surface area (Å²) in [5.41, 5.74) is 3.00. The van der Waals surface area contributed by atoms with E-state index in [1.165, 1.54) is 36.4 Å². The zero-order valence-electron chi connectivity index (χ0n) is 17.6. The van der Waals surface area contributed by atoms with E-state index in [0.717, 1.165) is 16.0 Å². The van der Waals surface area contributed by atoms with E-state index in [-0.39, 0.29) is 38.2 Å². The fourth-order valence-electron chi connectivity index (χ4n) is 3.54. The van der Waals surface area contributed by atoms with Crippen molar-refractivity contribution in [3.63, 3.8) is 0 Å². The monoisotopic (exact) mass is 481 g/mol. The number of ketones is 1. The first kappa shape index (κ1) is 22.7. The lowest BCUT2D eigenvalue weighted by atomic mass is 10.0. The molecule has 33 heavy (non-hydrogen) atoms. The third-order valence-electron chi connectivity index (χ3n) is 5.32. The Labute approximate surface area is 199 Å². The minimum absolute atomic E-state index is 0.155. The van der Waals surface area contributed by atoms with Crippen LogP contribution >= 0.6 is 23.2 Å². The summed E-state index contributed by atoms with van der Waals surface area (Å²) in [7, 11) is 0. The maximum atomic E-state index is 12.7. The summed E-state index contributed by atoms with van der Waals surface area (Å²) in [5, 5.41) is 0.346. The lowest BCUT2D eigenvalue weighted by molar-refractivity contribution is 0.0474. The predicted molar refractivity (Wildman–Crippen MR) is 125 cm³/mol. The Morgan fingerprint density at radius 3 is 2.00 bits per heavy atom. The molecule has 0 aromatic heterocycles. The summed E-state index contributed by atoms with van der Waals surface area (Å²) < 4.78 is 5.16. The van der Waals surface area contributed by atoms with Crippen LogP contribution in [0.15, 0.2) is 54.6 Å². The Hall–Kier alpha value is -3.48. The largest absolute Gasteiger partial charge is 0.454 e. The minimum Gasteiger partial charge on any atom is -0.454 e. The van der Waals surface area contributed by atoms with Crippen molar-refractivity contribution in [3.8, 4) is 0 Å². The van der Waals surface area contributed by atoms with Gasteiger partial charge in [-0.25, -0.2) is 9.69 Å². The highest BCUT2D eigenvalue weighted by Gasteiger charge is 2.37. The van der Waals surface area contributed by atoms with Crippen LogP contribution in [-0.4, -0.2) is 30.2 Å². The molecule has 6 nitrogen and oxygen atoms in total. The summed E-state index contributed by atoms with van der Waals surface area (Å²) >= 11 is 11.9. The molecule has 1 aliphatic heterocycles. The molecule has 0 atom stereocenters. The second kappa shape index (κ2) is 8.81. The average Bonchev–Trinajstić information content (AvgIpc) is 3.03. The van der Waals surface area contributed by atoms with E-state index in [2.05, 4.69) is 0 Å². The van der Waals surface area contributed by atoms with E-state index in [1.807, 2.05) is 26.0 Å². The highest BCUT2D eigenvalue weighted by Crippen LogP contribution is 2.34. The molecule has 2 amide bonds. The number of amides is 2. The van der Waals surface area contributed by atoms with Crippen molar-refractivity contribution in [1.82, 2.24) is 0 Å². The minimum atomic E-state index is -0.693. The van der Waals surface area contributed by atoms with Gasteiger partial charge in [0.1, 0.15) is 0 Å². The molecular weight excluding hydrogens is 465 g/mol. The van der Waals surface area contributed by atoms with Gasteiger partial charge in [-0.3, -0.25) is 14.4 Å². The SMILES string of the molecule is Cc1ccc(C)c(C(=O)COC(=O)c2ccc(N3C(=O)c4cc(Cl)c(Cl)cc4C3=O)cc2)c1. The number of hydrogen-bond acceptors (Lipinski definition) is 5. The van der Waals surface area contributed by atoms with E-state index < -0.39 is 24.4 Å². The smallest absolute Gasteiger partial charge is 0.338 e. The molecule has 0 spiro atoms. The van der Waals surface area contributed by atoms with E-state index in [0.29, 0.717) is 5.56 Å². The van der Waals surface area contributed by atoms with Gasteiger partial charge in [0.05, 0.1) is 32.4 Å². The maximum Gasteiger partial charge on any atom is 0.338 e. The second-order valence-corrected chi connectivity index (χ2v) is 8.44. The van der Waals surface area contributed by atoms with Crippen LogP contribution in [0.25, 0.3) is 0 Å². The van der Waals surface area contributed by atoms with Crippen LogP contribution in [0.4, 0.5) is 5.69 Å². The quantitative estimate of drug-likeness (QED) is 0.275. The van der Waals surface area contributed by atoms with Gasteiger partial charge in [0.25, 0.3) is 11.8 Å². The highest BCUT2D eigenvalue weighted by molar-refractivity contribution is 6.44. The van der Waals surface area contributed by atoms with Crippen molar-refractivity contribution in [2.45, 2.75) is 13.8 Å². The van der Waals surface area contributed by atoms with Crippen molar-refractivity contribution in [1.29, 1.82) is 0 Å². The Kier molecular flexibility index (Phi) is 6.06. The first-order chi connectivity index (χ1) is 15.7. The molecule has 0 radical (unpaired) electrons. The first-order valence-electron chi connectivity index (χ1n) is 9.93. The van der Waals surface area contributed by atoms with Gasteiger partial charge in [0.2, 0.25) is 5.78 Å². The molecule has 8 heteroatoms. The van der Waals surface area contributed by atoms with Gasteiger partial charge in [-0.1, -0.05) is 40.9 Å². The number of imide groups is 1. The number of carbonyl (C=O) groups is 4. The molecule has 166 valence electrons.